The third-order valence-electron chi connectivity index (χ3n) is 2.72. The van der Waals surface area contributed by atoms with Crippen LogP contribution in [0.3, 0.4) is 0 Å². The van der Waals surface area contributed by atoms with Crippen molar-refractivity contribution < 1.29 is 9.47 Å². The zero-order chi connectivity index (χ0) is 13.7. The summed E-state index contributed by atoms with van der Waals surface area (Å²) in [7, 11) is 3.20. The largest absolute Gasteiger partial charge is 0.497 e. The Morgan fingerprint density at radius 1 is 1.00 bits per heavy atom. The van der Waals surface area contributed by atoms with Gasteiger partial charge in [0.2, 0.25) is 0 Å². The second-order valence-corrected chi connectivity index (χ2v) is 3.85. The van der Waals surface area contributed by atoms with Gasteiger partial charge in [-0.2, -0.15) is 5.26 Å². The van der Waals surface area contributed by atoms with Crippen LogP contribution in [0.15, 0.2) is 42.5 Å². The molecule has 19 heavy (non-hydrogen) atoms. The average Bonchev–Trinajstić information content (AvgIpc) is 2.47. The zero-order valence-corrected chi connectivity index (χ0v) is 10.8. The standard InChI is InChI=1S/C15H14N2O2/c1-18-12-8-7-11(10-16)14(9-12)17-13-5-3-4-6-15(13)19-2/h3-9,17H,1-2H3. The van der Waals surface area contributed by atoms with Crippen molar-refractivity contribution in [3.8, 4) is 17.6 Å². The Morgan fingerprint density at radius 2 is 1.79 bits per heavy atom. The number of methoxy groups -OCH3 is 2. The topological polar surface area (TPSA) is 54.3 Å². The Kier molecular flexibility index (Phi) is 3.89. The Balaban J connectivity index is 2.39. The maximum atomic E-state index is 9.12. The maximum Gasteiger partial charge on any atom is 0.142 e. The van der Waals surface area contributed by atoms with E-state index >= 15 is 0 Å². The number of para-hydroxylation sites is 2. The highest BCUT2D eigenvalue weighted by Gasteiger charge is 2.07. The van der Waals surface area contributed by atoms with E-state index in [-0.39, 0.29) is 0 Å². The quantitative estimate of drug-likeness (QED) is 0.909. The molecule has 0 heterocycles. The van der Waals surface area contributed by atoms with Gasteiger partial charge in [-0.15, -0.1) is 0 Å². The highest BCUT2D eigenvalue weighted by molar-refractivity contribution is 5.71. The van der Waals surface area contributed by atoms with Gasteiger partial charge in [-0.25, -0.2) is 0 Å². The van der Waals surface area contributed by atoms with Gasteiger partial charge in [0.1, 0.15) is 17.6 Å². The molecular formula is C15H14N2O2. The normalized spacial score (nSPS) is 9.53. The number of nitriles is 1. The van der Waals surface area contributed by atoms with Gasteiger partial charge in [-0.3, -0.25) is 0 Å². The zero-order valence-electron chi connectivity index (χ0n) is 10.8. The average molecular weight is 254 g/mol. The summed E-state index contributed by atoms with van der Waals surface area (Å²) in [6, 6.07) is 14.9. The van der Waals surface area contributed by atoms with E-state index in [0.717, 1.165) is 5.69 Å². The van der Waals surface area contributed by atoms with Gasteiger partial charge in [0, 0.05) is 6.07 Å². The second kappa shape index (κ2) is 5.78. The van der Waals surface area contributed by atoms with Gasteiger partial charge >= 0.3 is 0 Å². The van der Waals surface area contributed by atoms with Crippen molar-refractivity contribution in [2.45, 2.75) is 0 Å². The molecule has 4 heteroatoms. The Hall–Kier alpha value is -2.67. The van der Waals surface area contributed by atoms with E-state index in [0.29, 0.717) is 22.7 Å². The van der Waals surface area contributed by atoms with Gasteiger partial charge in [-0.05, 0) is 24.3 Å². The number of hydrogen-bond acceptors (Lipinski definition) is 4. The lowest BCUT2D eigenvalue weighted by Gasteiger charge is -2.12. The molecule has 0 saturated carbocycles. The van der Waals surface area contributed by atoms with E-state index < -0.39 is 0 Å². The number of anilines is 2. The molecule has 4 nitrogen and oxygen atoms in total. The van der Waals surface area contributed by atoms with Crippen LogP contribution in [0.5, 0.6) is 11.5 Å². The fraction of sp³-hybridized carbons (Fsp3) is 0.133. The molecule has 2 aromatic carbocycles. The molecule has 0 aromatic heterocycles. The highest BCUT2D eigenvalue weighted by atomic mass is 16.5. The third-order valence-corrected chi connectivity index (χ3v) is 2.72. The molecule has 0 aliphatic heterocycles. The Bertz CT molecular complexity index is 618. The first-order valence-electron chi connectivity index (χ1n) is 5.76. The minimum atomic E-state index is 0.548. The molecule has 0 unspecified atom stereocenters. The molecule has 0 atom stereocenters. The fourth-order valence-corrected chi connectivity index (χ4v) is 1.74. The van der Waals surface area contributed by atoms with Crippen LogP contribution in [-0.4, -0.2) is 14.2 Å². The van der Waals surface area contributed by atoms with Crippen molar-refractivity contribution in [1.29, 1.82) is 5.26 Å². The molecule has 0 aliphatic carbocycles. The van der Waals surface area contributed by atoms with E-state index in [1.54, 1.807) is 32.4 Å². The molecule has 0 saturated heterocycles. The first-order valence-corrected chi connectivity index (χ1v) is 5.76. The maximum absolute atomic E-state index is 9.12. The van der Waals surface area contributed by atoms with Gasteiger partial charge in [-0.1, -0.05) is 12.1 Å². The summed E-state index contributed by atoms with van der Waals surface area (Å²) in [4.78, 5) is 0. The molecule has 2 aromatic rings. The number of nitrogens with zero attached hydrogens (tertiary/aromatic N) is 1. The van der Waals surface area contributed by atoms with E-state index in [1.165, 1.54) is 0 Å². The minimum Gasteiger partial charge on any atom is -0.497 e. The first kappa shape index (κ1) is 12.8. The van der Waals surface area contributed by atoms with Crippen LogP contribution in [0.1, 0.15) is 5.56 Å². The summed E-state index contributed by atoms with van der Waals surface area (Å²) >= 11 is 0. The molecule has 0 spiro atoms. The number of rotatable bonds is 4. The molecule has 0 radical (unpaired) electrons. The second-order valence-electron chi connectivity index (χ2n) is 3.85. The van der Waals surface area contributed by atoms with E-state index in [9.17, 15) is 0 Å². The van der Waals surface area contributed by atoms with Gasteiger partial charge < -0.3 is 14.8 Å². The molecule has 0 fully saturated rings. The van der Waals surface area contributed by atoms with E-state index in [2.05, 4.69) is 11.4 Å². The van der Waals surface area contributed by atoms with Crippen molar-refractivity contribution in [2.75, 3.05) is 19.5 Å². The lowest BCUT2D eigenvalue weighted by atomic mass is 10.1. The summed E-state index contributed by atoms with van der Waals surface area (Å²) < 4.78 is 10.4. The van der Waals surface area contributed by atoms with E-state index in [1.807, 2.05) is 24.3 Å². The summed E-state index contributed by atoms with van der Waals surface area (Å²) in [6.45, 7) is 0. The van der Waals surface area contributed by atoms with Crippen LogP contribution in [0.2, 0.25) is 0 Å². The van der Waals surface area contributed by atoms with Crippen LogP contribution < -0.4 is 14.8 Å². The predicted octanol–water partition coefficient (Wildman–Crippen LogP) is 3.32. The third kappa shape index (κ3) is 2.78. The first-order chi connectivity index (χ1) is 9.28. The van der Waals surface area contributed by atoms with Gasteiger partial charge in [0.15, 0.2) is 0 Å². The SMILES string of the molecule is COc1ccc(C#N)c(Nc2ccccc2OC)c1. The monoisotopic (exact) mass is 254 g/mol. The summed E-state index contributed by atoms with van der Waals surface area (Å²) in [5, 5.41) is 12.3. The molecular weight excluding hydrogens is 240 g/mol. The van der Waals surface area contributed by atoms with Crippen molar-refractivity contribution in [2.24, 2.45) is 0 Å². The highest BCUT2D eigenvalue weighted by Crippen LogP contribution is 2.30. The van der Waals surface area contributed by atoms with Crippen LogP contribution in [0.25, 0.3) is 0 Å². The number of hydrogen-bond donors (Lipinski definition) is 1. The Labute approximate surface area is 112 Å². The lowest BCUT2D eigenvalue weighted by Crippen LogP contribution is -1.97. The Morgan fingerprint density at radius 3 is 2.47 bits per heavy atom. The smallest absolute Gasteiger partial charge is 0.142 e. The molecule has 0 bridgehead atoms. The number of nitrogens with one attached hydrogen (secondary N) is 1. The minimum absolute atomic E-state index is 0.548. The van der Waals surface area contributed by atoms with Crippen LogP contribution in [-0.2, 0) is 0 Å². The summed E-state index contributed by atoms with van der Waals surface area (Å²) in [5.41, 5.74) is 2.04. The molecule has 1 N–H and O–H groups in total. The van der Waals surface area contributed by atoms with Crippen molar-refractivity contribution >= 4 is 11.4 Å². The van der Waals surface area contributed by atoms with Crippen molar-refractivity contribution in [3.05, 3.63) is 48.0 Å². The van der Waals surface area contributed by atoms with Crippen molar-refractivity contribution in [3.63, 3.8) is 0 Å². The molecule has 0 amide bonds. The molecule has 2 rings (SSSR count). The van der Waals surface area contributed by atoms with Gasteiger partial charge in [0.05, 0.1) is 31.2 Å². The predicted molar refractivity (Wildman–Crippen MR) is 74.0 cm³/mol. The number of ether oxygens (including phenoxy) is 2. The summed E-state index contributed by atoms with van der Waals surface area (Å²) in [5.74, 6) is 1.41. The van der Waals surface area contributed by atoms with Crippen molar-refractivity contribution in [1.82, 2.24) is 0 Å². The van der Waals surface area contributed by atoms with Crippen LogP contribution in [0.4, 0.5) is 11.4 Å². The fourth-order valence-electron chi connectivity index (χ4n) is 1.74. The van der Waals surface area contributed by atoms with Crippen LogP contribution >= 0.6 is 0 Å². The van der Waals surface area contributed by atoms with E-state index in [4.69, 9.17) is 14.7 Å². The van der Waals surface area contributed by atoms with Crippen LogP contribution in [0, 0.1) is 11.3 Å². The van der Waals surface area contributed by atoms with Gasteiger partial charge in [0.25, 0.3) is 0 Å². The summed E-state index contributed by atoms with van der Waals surface area (Å²) in [6.07, 6.45) is 0. The molecule has 96 valence electrons. The molecule has 0 aliphatic rings. The number of benzene rings is 2. The lowest BCUT2D eigenvalue weighted by molar-refractivity contribution is 0.414.